The third kappa shape index (κ3) is 3.28. The van der Waals surface area contributed by atoms with Gasteiger partial charge in [0.25, 0.3) is 5.91 Å². The molecule has 5 rings (SSSR count). The van der Waals surface area contributed by atoms with Crippen molar-refractivity contribution in [3.63, 3.8) is 0 Å². The van der Waals surface area contributed by atoms with Gasteiger partial charge >= 0.3 is 0 Å². The van der Waals surface area contributed by atoms with Crippen LogP contribution >= 0.6 is 11.3 Å². The lowest BCUT2D eigenvalue weighted by atomic mass is 9.99. The third-order valence-electron chi connectivity index (χ3n) is 5.36. The topological polar surface area (TPSA) is 46.3 Å². The number of hydrogen-bond acceptors (Lipinski definition) is 4. The minimum atomic E-state index is 0.0466. The number of thiophene rings is 1. The molecule has 1 aliphatic carbocycles. The van der Waals surface area contributed by atoms with E-state index in [1.807, 2.05) is 54.9 Å². The average molecular weight is 401 g/mol. The highest BCUT2D eigenvalue weighted by Crippen LogP contribution is 2.38. The molecule has 0 N–H and O–H groups in total. The molecule has 1 amide bonds. The fourth-order valence-electron chi connectivity index (χ4n) is 3.99. The highest BCUT2D eigenvalue weighted by atomic mass is 32.1. The van der Waals surface area contributed by atoms with Crippen molar-refractivity contribution in [1.82, 2.24) is 9.88 Å². The molecule has 29 heavy (non-hydrogen) atoms. The molecule has 4 nitrogen and oxygen atoms in total. The Kier molecular flexibility index (Phi) is 4.52. The Morgan fingerprint density at radius 2 is 2.10 bits per heavy atom. The Morgan fingerprint density at radius 1 is 1.21 bits per heavy atom. The quantitative estimate of drug-likeness (QED) is 0.445. The Labute approximate surface area is 173 Å². The van der Waals surface area contributed by atoms with Crippen LogP contribution in [0.2, 0.25) is 0 Å². The third-order valence-corrected chi connectivity index (χ3v) is 6.09. The van der Waals surface area contributed by atoms with Gasteiger partial charge in [-0.25, -0.2) is 4.98 Å². The predicted octanol–water partition coefficient (Wildman–Crippen LogP) is 5.65. The van der Waals surface area contributed by atoms with Crippen molar-refractivity contribution in [2.75, 3.05) is 7.05 Å². The summed E-state index contributed by atoms with van der Waals surface area (Å²) in [7, 11) is 1.87. The van der Waals surface area contributed by atoms with Crippen LogP contribution in [0.4, 0.5) is 0 Å². The Balaban J connectivity index is 1.62. The van der Waals surface area contributed by atoms with Crippen LogP contribution in [0.3, 0.4) is 0 Å². The Hall–Kier alpha value is -3.18. The lowest BCUT2D eigenvalue weighted by molar-refractivity contribution is 0.0786. The second-order valence-electron chi connectivity index (χ2n) is 7.31. The first-order valence-electron chi connectivity index (χ1n) is 9.63. The Morgan fingerprint density at radius 3 is 2.90 bits per heavy atom. The molecule has 0 spiro atoms. The second-order valence-corrected chi connectivity index (χ2v) is 8.09. The molecule has 0 atom stereocenters. The van der Waals surface area contributed by atoms with Crippen molar-refractivity contribution in [2.24, 2.45) is 0 Å². The summed E-state index contributed by atoms with van der Waals surface area (Å²) in [6, 6.07) is 13.8. The Bertz CT molecular complexity index is 1210. The molecule has 0 fully saturated rings. The van der Waals surface area contributed by atoms with Crippen LogP contribution in [0.1, 0.15) is 39.4 Å². The minimum Gasteiger partial charge on any atom is -0.465 e. The molecule has 0 saturated carbocycles. The van der Waals surface area contributed by atoms with Crippen molar-refractivity contribution in [1.29, 1.82) is 0 Å². The van der Waals surface area contributed by atoms with E-state index in [4.69, 9.17) is 9.40 Å². The summed E-state index contributed by atoms with van der Waals surface area (Å²) in [5, 5.41) is 5.05. The van der Waals surface area contributed by atoms with Gasteiger partial charge < -0.3 is 9.32 Å². The van der Waals surface area contributed by atoms with E-state index in [1.54, 1.807) is 22.5 Å². The van der Waals surface area contributed by atoms with Gasteiger partial charge in [0.05, 0.1) is 23.0 Å². The number of rotatable bonds is 4. The highest BCUT2D eigenvalue weighted by Gasteiger charge is 2.28. The van der Waals surface area contributed by atoms with Crippen LogP contribution in [0.25, 0.3) is 22.6 Å². The number of hydrogen-bond donors (Lipinski definition) is 0. The zero-order valence-corrected chi connectivity index (χ0v) is 16.9. The van der Waals surface area contributed by atoms with E-state index in [0.29, 0.717) is 6.54 Å². The van der Waals surface area contributed by atoms with Crippen LogP contribution in [-0.4, -0.2) is 22.8 Å². The first-order valence-corrected chi connectivity index (χ1v) is 10.6. The highest BCUT2D eigenvalue weighted by molar-refractivity contribution is 7.07. The monoisotopic (exact) mass is 400 g/mol. The normalized spacial score (nSPS) is 14.4. The second kappa shape index (κ2) is 7.33. The van der Waals surface area contributed by atoms with Crippen molar-refractivity contribution < 1.29 is 9.21 Å². The molecule has 4 aromatic rings. The molecule has 0 unspecified atom stereocenters. The first-order chi connectivity index (χ1) is 14.2. The predicted molar refractivity (Wildman–Crippen MR) is 117 cm³/mol. The molecule has 0 radical (unpaired) electrons. The van der Waals surface area contributed by atoms with Crippen LogP contribution in [-0.2, 0) is 13.0 Å². The maximum Gasteiger partial charge on any atom is 0.254 e. The number of carbonyl (C=O) groups is 1. The van der Waals surface area contributed by atoms with Gasteiger partial charge in [-0.05, 0) is 70.6 Å². The zero-order valence-electron chi connectivity index (χ0n) is 16.1. The molecule has 0 bridgehead atoms. The van der Waals surface area contributed by atoms with Crippen molar-refractivity contribution >= 4 is 39.8 Å². The number of fused-ring (bicyclic) bond motifs is 2. The summed E-state index contributed by atoms with van der Waals surface area (Å²) < 4.78 is 5.49. The van der Waals surface area contributed by atoms with Crippen LogP contribution in [0.15, 0.2) is 63.9 Å². The number of amides is 1. The number of allylic oxidation sites excluding steroid dienone is 1. The molecular formula is C24H20N2O2S. The number of para-hydroxylation sites is 1. The number of aromatic nitrogens is 1. The smallest absolute Gasteiger partial charge is 0.254 e. The lowest BCUT2D eigenvalue weighted by Gasteiger charge is -2.20. The lowest BCUT2D eigenvalue weighted by Crippen LogP contribution is -2.27. The summed E-state index contributed by atoms with van der Waals surface area (Å²) in [6.45, 7) is 0.600. The molecule has 3 aromatic heterocycles. The van der Waals surface area contributed by atoms with E-state index in [9.17, 15) is 4.79 Å². The number of furan rings is 1. The van der Waals surface area contributed by atoms with Gasteiger partial charge in [-0.2, -0.15) is 11.3 Å². The summed E-state index contributed by atoms with van der Waals surface area (Å²) in [5.74, 6) is 0.857. The molecule has 0 saturated heterocycles. The van der Waals surface area contributed by atoms with Crippen molar-refractivity contribution in [3.8, 4) is 0 Å². The van der Waals surface area contributed by atoms with E-state index in [1.165, 1.54) is 0 Å². The molecule has 5 heteroatoms. The van der Waals surface area contributed by atoms with E-state index in [0.717, 1.165) is 57.5 Å². The largest absolute Gasteiger partial charge is 0.465 e. The standard InChI is InChI=1S/C24H20N2O2S/c1-26(14-16-10-12-29-15-16)24(27)22-19-6-2-3-7-21(19)25-23-17(8-9-20(22)23)13-18-5-4-11-28-18/h2-7,10-13,15H,8-9,14H2,1H3/b17-13-. The van der Waals surface area contributed by atoms with Crippen molar-refractivity contribution in [3.05, 3.63) is 87.6 Å². The number of benzene rings is 1. The van der Waals surface area contributed by atoms with E-state index in [-0.39, 0.29) is 5.91 Å². The fourth-order valence-corrected chi connectivity index (χ4v) is 4.65. The van der Waals surface area contributed by atoms with Crippen LogP contribution in [0, 0.1) is 0 Å². The zero-order chi connectivity index (χ0) is 19.8. The van der Waals surface area contributed by atoms with Gasteiger partial charge in [0, 0.05) is 19.0 Å². The molecule has 144 valence electrons. The number of nitrogens with zero attached hydrogens (tertiary/aromatic N) is 2. The molecule has 1 aromatic carbocycles. The summed E-state index contributed by atoms with van der Waals surface area (Å²) in [5.41, 5.74) is 5.88. The fraction of sp³-hybridized carbons (Fsp3) is 0.167. The first kappa shape index (κ1) is 17.9. The van der Waals surface area contributed by atoms with Crippen LogP contribution < -0.4 is 0 Å². The maximum absolute atomic E-state index is 13.5. The summed E-state index contributed by atoms with van der Waals surface area (Å²) >= 11 is 1.65. The van der Waals surface area contributed by atoms with Gasteiger partial charge in [0.15, 0.2) is 0 Å². The summed E-state index contributed by atoms with van der Waals surface area (Å²) in [4.78, 5) is 20.3. The van der Waals surface area contributed by atoms with Crippen LogP contribution in [0.5, 0.6) is 0 Å². The average Bonchev–Trinajstić information content (AvgIpc) is 3.49. The molecule has 3 heterocycles. The van der Waals surface area contributed by atoms with Gasteiger partial charge in [0.2, 0.25) is 0 Å². The number of carbonyl (C=O) groups excluding carboxylic acids is 1. The van der Waals surface area contributed by atoms with Gasteiger partial charge in [-0.15, -0.1) is 0 Å². The van der Waals surface area contributed by atoms with Gasteiger partial charge in [0.1, 0.15) is 5.76 Å². The number of pyridine rings is 1. The molecule has 1 aliphatic rings. The van der Waals surface area contributed by atoms with Crippen molar-refractivity contribution in [2.45, 2.75) is 19.4 Å². The summed E-state index contributed by atoms with van der Waals surface area (Å²) in [6.07, 6.45) is 5.38. The minimum absolute atomic E-state index is 0.0466. The molecular weight excluding hydrogens is 380 g/mol. The van der Waals surface area contributed by atoms with Gasteiger partial charge in [-0.1, -0.05) is 18.2 Å². The van der Waals surface area contributed by atoms with E-state index < -0.39 is 0 Å². The molecule has 0 aliphatic heterocycles. The van der Waals surface area contributed by atoms with E-state index >= 15 is 0 Å². The van der Waals surface area contributed by atoms with E-state index in [2.05, 4.69) is 11.4 Å². The maximum atomic E-state index is 13.5. The SMILES string of the molecule is CN(Cc1ccsc1)C(=O)c1c2c(nc3ccccc13)/C(=C\c1ccco1)CC2. The van der Waals surface area contributed by atoms with Gasteiger partial charge in [-0.3, -0.25) is 4.79 Å².